The van der Waals surface area contributed by atoms with Gasteiger partial charge in [-0.1, -0.05) is 26.7 Å². The van der Waals surface area contributed by atoms with E-state index in [1.165, 1.54) is 12.8 Å². The van der Waals surface area contributed by atoms with Crippen LogP contribution in [0.4, 0.5) is 0 Å². The minimum atomic E-state index is 0.270. The molecule has 0 aromatic rings. The van der Waals surface area contributed by atoms with Gasteiger partial charge in [0, 0.05) is 25.7 Å². The average Bonchev–Trinajstić information content (AvgIpc) is 2.62. The van der Waals surface area contributed by atoms with Crippen LogP contribution in [0.1, 0.15) is 39.5 Å². The second-order valence-corrected chi connectivity index (χ2v) is 6.29. The summed E-state index contributed by atoms with van der Waals surface area (Å²) in [5, 5.41) is 3.44. The van der Waals surface area contributed by atoms with Crippen molar-refractivity contribution in [1.82, 2.24) is 15.1 Å². The van der Waals surface area contributed by atoms with E-state index in [-0.39, 0.29) is 5.91 Å². The highest BCUT2D eigenvalue weighted by Gasteiger charge is 2.19. The van der Waals surface area contributed by atoms with Gasteiger partial charge in [0.15, 0.2) is 0 Å². The van der Waals surface area contributed by atoms with Crippen LogP contribution in [-0.2, 0) is 4.79 Å². The first kappa shape index (κ1) is 16.4. The van der Waals surface area contributed by atoms with E-state index in [2.05, 4.69) is 38.2 Å². The SMILES string of the molecule is CC(C)C(CN(C)C)NCC(=O)N1CCCCCC1. The molecule has 4 heteroatoms. The lowest BCUT2D eigenvalue weighted by molar-refractivity contribution is -0.130. The molecule has 1 heterocycles. The van der Waals surface area contributed by atoms with Crippen molar-refractivity contribution in [3.63, 3.8) is 0 Å². The van der Waals surface area contributed by atoms with E-state index < -0.39 is 0 Å². The molecule has 0 aromatic carbocycles. The standard InChI is InChI=1S/C15H31N3O/c1-13(2)14(12-17(3)4)16-11-15(19)18-9-7-5-6-8-10-18/h13-14,16H,5-12H2,1-4H3. The largest absolute Gasteiger partial charge is 0.342 e. The summed E-state index contributed by atoms with van der Waals surface area (Å²) >= 11 is 0. The van der Waals surface area contributed by atoms with E-state index in [1.807, 2.05) is 4.90 Å². The number of hydrogen-bond donors (Lipinski definition) is 1. The van der Waals surface area contributed by atoms with Gasteiger partial charge in [0.25, 0.3) is 0 Å². The zero-order valence-corrected chi connectivity index (χ0v) is 13.1. The molecule has 0 aliphatic carbocycles. The second kappa shape index (κ2) is 8.54. The zero-order chi connectivity index (χ0) is 14.3. The summed E-state index contributed by atoms with van der Waals surface area (Å²) in [5.74, 6) is 0.811. The molecule has 112 valence electrons. The normalized spacial score (nSPS) is 18.7. The Morgan fingerprint density at radius 2 is 1.74 bits per heavy atom. The number of amides is 1. The van der Waals surface area contributed by atoms with Crippen LogP contribution < -0.4 is 5.32 Å². The van der Waals surface area contributed by atoms with Crippen LogP contribution in [0.15, 0.2) is 0 Å². The Labute approximate surface area is 118 Å². The molecule has 1 aliphatic heterocycles. The molecule has 1 rings (SSSR count). The van der Waals surface area contributed by atoms with Crippen LogP contribution in [0.25, 0.3) is 0 Å². The van der Waals surface area contributed by atoms with Crippen molar-refractivity contribution in [2.45, 2.75) is 45.6 Å². The van der Waals surface area contributed by atoms with E-state index in [0.29, 0.717) is 18.5 Å². The molecule has 1 fully saturated rings. The molecule has 0 aromatic heterocycles. The van der Waals surface area contributed by atoms with Crippen LogP contribution in [0, 0.1) is 5.92 Å². The Bertz CT molecular complexity index is 258. The Hall–Kier alpha value is -0.610. The first-order chi connectivity index (χ1) is 9.00. The summed E-state index contributed by atoms with van der Waals surface area (Å²) in [6.07, 6.45) is 4.87. The predicted molar refractivity (Wildman–Crippen MR) is 80.2 cm³/mol. The molecule has 0 spiro atoms. The van der Waals surface area contributed by atoms with Gasteiger partial charge in [0.1, 0.15) is 0 Å². The third-order valence-corrected chi connectivity index (χ3v) is 3.84. The number of nitrogens with zero attached hydrogens (tertiary/aromatic N) is 2. The molecule has 0 saturated carbocycles. The highest BCUT2D eigenvalue weighted by atomic mass is 16.2. The third-order valence-electron chi connectivity index (χ3n) is 3.84. The number of carbonyl (C=O) groups is 1. The number of likely N-dealkylation sites (N-methyl/N-ethyl adjacent to an activating group) is 1. The van der Waals surface area contributed by atoms with Gasteiger partial charge in [-0.3, -0.25) is 4.79 Å². The van der Waals surface area contributed by atoms with Gasteiger partial charge in [-0.2, -0.15) is 0 Å². The van der Waals surface area contributed by atoms with E-state index in [9.17, 15) is 4.79 Å². The van der Waals surface area contributed by atoms with Gasteiger partial charge in [0.05, 0.1) is 6.54 Å². The van der Waals surface area contributed by atoms with Crippen LogP contribution in [0.3, 0.4) is 0 Å². The number of rotatable bonds is 6. The number of nitrogens with one attached hydrogen (secondary N) is 1. The summed E-state index contributed by atoms with van der Waals surface area (Å²) in [5.41, 5.74) is 0. The maximum absolute atomic E-state index is 12.2. The van der Waals surface area contributed by atoms with Gasteiger partial charge < -0.3 is 15.1 Å². The number of hydrogen-bond acceptors (Lipinski definition) is 3. The van der Waals surface area contributed by atoms with Crippen LogP contribution in [0.5, 0.6) is 0 Å². The van der Waals surface area contributed by atoms with E-state index in [1.54, 1.807) is 0 Å². The quantitative estimate of drug-likeness (QED) is 0.795. The fourth-order valence-corrected chi connectivity index (χ4v) is 2.55. The van der Waals surface area contributed by atoms with Crippen molar-refractivity contribution < 1.29 is 4.79 Å². The van der Waals surface area contributed by atoms with Gasteiger partial charge in [-0.05, 0) is 32.9 Å². The fourth-order valence-electron chi connectivity index (χ4n) is 2.55. The predicted octanol–water partition coefficient (Wildman–Crippen LogP) is 1.56. The van der Waals surface area contributed by atoms with Gasteiger partial charge in [-0.15, -0.1) is 0 Å². The van der Waals surface area contributed by atoms with Crippen molar-refractivity contribution in [1.29, 1.82) is 0 Å². The topological polar surface area (TPSA) is 35.6 Å². The second-order valence-electron chi connectivity index (χ2n) is 6.29. The molecule has 4 nitrogen and oxygen atoms in total. The number of carbonyl (C=O) groups excluding carboxylic acids is 1. The fraction of sp³-hybridized carbons (Fsp3) is 0.933. The van der Waals surface area contributed by atoms with Crippen molar-refractivity contribution >= 4 is 5.91 Å². The molecule has 1 saturated heterocycles. The molecule has 1 amide bonds. The number of likely N-dealkylation sites (tertiary alicyclic amines) is 1. The maximum Gasteiger partial charge on any atom is 0.236 e. The minimum absolute atomic E-state index is 0.270. The highest BCUT2D eigenvalue weighted by molar-refractivity contribution is 5.78. The van der Waals surface area contributed by atoms with E-state index >= 15 is 0 Å². The molecule has 1 N–H and O–H groups in total. The maximum atomic E-state index is 12.2. The van der Waals surface area contributed by atoms with E-state index in [4.69, 9.17) is 0 Å². The van der Waals surface area contributed by atoms with Crippen molar-refractivity contribution in [2.75, 3.05) is 40.3 Å². The molecule has 0 radical (unpaired) electrons. The molecule has 1 unspecified atom stereocenters. The molecule has 1 aliphatic rings. The Kier molecular flexibility index (Phi) is 7.39. The first-order valence-corrected chi connectivity index (χ1v) is 7.66. The summed E-state index contributed by atoms with van der Waals surface area (Å²) in [6, 6.07) is 0.380. The monoisotopic (exact) mass is 269 g/mol. The third kappa shape index (κ3) is 6.39. The Morgan fingerprint density at radius 3 is 2.21 bits per heavy atom. The smallest absolute Gasteiger partial charge is 0.236 e. The zero-order valence-electron chi connectivity index (χ0n) is 13.1. The minimum Gasteiger partial charge on any atom is -0.342 e. The van der Waals surface area contributed by atoms with Gasteiger partial charge in [0.2, 0.25) is 5.91 Å². The van der Waals surface area contributed by atoms with E-state index in [0.717, 1.165) is 32.5 Å². The summed E-state index contributed by atoms with van der Waals surface area (Å²) in [7, 11) is 4.15. The lowest BCUT2D eigenvalue weighted by atomic mass is 10.0. The Morgan fingerprint density at radius 1 is 1.16 bits per heavy atom. The van der Waals surface area contributed by atoms with Gasteiger partial charge >= 0.3 is 0 Å². The molecule has 0 bridgehead atoms. The van der Waals surface area contributed by atoms with Crippen molar-refractivity contribution in [2.24, 2.45) is 5.92 Å². The highest BCUT2D eigenvalue weighted by Crippen LogP contribution is 2.10. The lowest BCUT2D eigenvalue weighted by Crippen LogP contribution is -2.47. The summed E-state index contributed by atoms with van der Waals surface area (Å²) in [4.78, 5) is 16.4. The lowest BCUT2D eigenvalue weighted by Gasteiger charge is -2.27. The van der Waals surface area contributed by atoms with Crippen molar-refractivity contribution in [3.8, 4) is 0 Å². The Balaban J connectivity index is 2.37. The van der Waals surface area contributed by atoms with Crippen LogP contribution in [-0.4, -0.2) is 62.0 Å². The van der Waals surface area contributed by atoms with Crippen LogP contribution >= 0.6 is 0 Å². The molecular weight excluding hydrogens is 238 g/mol. The first-order valence-electron chi connectivity index (χ1n) is 7.66. The summed E-state index contributed by atoms with van der Waals surface area (Å²) in [6.45, 7) is 7.76. The van der Waals surface area contributed by atoms with Crippen LogP contribution in [0.2, 0.25) is 0 Å². The van der Waals surface area contributed by atoms with Crippen molar-refractivity contribution in [3.05, 3.63) is 0 Å². The molecular formula is C15H31N3O. The average molecular weight is 269 g/mol. The molecule has 19 heavy (non-hydrogen) atoms. The molecule has 1 atom stereocenters. The van der Waals surface area contributed by atoms with Gasteiger partial charge in [-0.25, -0.2) is 0 Å². The summed E-state index contributed by atoms with van der Waals surface area (Å²) < 4.78 is 0.